The largest absolute Gasteiger partial charge is 1.00 e. The number of hydrogen-bond donors (Lipinski definition) is 0. The van der Waals surface area contributed by atoms with E-state index in [4.69, 9.17) is 4.98 Å². The average Bonchev–Trinajstić information content (AvgIpc) is 3.25. The first kappa shape index (κ1) is 50.6. The Labute approximate surface area is 405 Å². The highest BCUT2D eigenvalue weighted by atomic mass is 35.5. The quantitative estimate of drug-likeness (QED) is 0.126. The van der Waals surface area contributed by atoms with Crippen molar-refractivity contribution in [3.8, 4) is 10.6 Å². The van der Waals surface area contributed by atoms with E-state index in [9.17, 15) is 4.79 Å². The number of hydrogen-bond acceptors (Lipinski definition) is 10. The molecule has 1 aliphatic carbocycles. The van der Waals surface area contributed by atoms with Crippen LogP contribution in [0.5, 0.6) is 0 Å². The van der Waals surface area contributed by atoms with E-state index < -0.39 is 0 Å². The zero-order chi connectivity index (χ0) is 45.3. The second kappa shape index (κ2) is 21.3. The number of nitrogens with zero attached hydrogens (tertiary/aromatic N) is 8. The number of amides is 1. The zero-order valence-electron chi connectivity index (χ0n) is 39.2. The van der Waals surface area contributed by atoms with Gasteiger partial charge in [-0.05, 0) is 102 Å². The fourth-order valence-corrected chi connectivity index (χ4v) is 10.6. The summed E-state index contributed by atoms with van der Waals surface area (Å²) in [7, 11) is 24.7. The molecule has 0 atom stereocenters. The van der Waals surface area contributed by atoms with Gasteiger partial charge in [-0.2, -0.15) is 0 Å². The van der Waals surface area contributed by atoms with Crippen LogP contribution in [0.2, 0.25) is 0 Å². The molecule has 9 rings (SSSR count). The Kier molecular flexibility index (Phi) is 16.6. The Hall–Kier alpha value is -5.40. The summed E-state index contributed by atoms with van der Waals surface area (Å²) in [6.07, 6.45) is 1.04. The third kappa shape index (κ3) is 11.4. The standard InChI is InChI=1S/C18H21N3OS.C17H20N2S.C16H18N3S.CH4.ClH/c1-12(22)21-15-8-6-13(19(2)3)10-17(15)23-18-11-14(20(4)5)7-9-16(18)21;1-18(2)14-7-5-12-9-13-6-8-15(19(3)4)11-17(13)20-16(12)10-14;1-18(2)11-5-7-13-15(9-11)20-16-10-12(19(3)4)6-8-14(16)17-13;;/h6-11H,1-5H3;5-8,10-11H,9H2,1-4H3;5-10H,1-4H3;1H4;1H/q;;+1;;/p-1. The molecule has 0 saturated heterocycles. The molecule has 0 bridgehead atoms. The molecule has 0 saturated carbocycles. The van der Waals surface area contributed by atoms with Crippen molar-refractivity contribution in [2.75, 3.05) is 114 Å². The maximum Gasteiger partial charge on any atom is 0.228 e. The molecule has 5 aromatic rings. The van der Waals surface area contributed by atoms with Crippen molar-refractivity contribution < 1.29 is 17.2 Å². The molecule has 0 aromatic heterocycles. The van der Waals surface area contributed by atoms with Crippen LogP contribution in [0.4, 0.5) is 39.8 Å². The first-order chi connectivity index (χ1) is 30.0. The van der Waals surface area contributed by atoms with Gasteiger partial charge in [0.25, 0.3) is 0 Å². The number of carbonyl (C=O) groups excluding carboxylic acids is 1. The average molecular weight is 948 g/mol. The van der Waals surface area contributed by atoms with Gasteiger partial charge < -0.3 is 36.9 Å². The Balaban J connectivity index is 0.000000181. The van der Waals surface area contributed by atoms with Crippen molar-refractivity contribution in [3.63, 3.8) is 0 Å². The second-order valence-electron chi connectivity index (χ2n) is 17.0. The van der Waals surface area contributed by atoms with Crippen LogP contribution in [0.1, 0.15) is 25.5 Å². The maximum absolute atomic E-state index is 12.3. The van der Waals surface area contributed by atoms with Gasteiger partial charge in [0.1, 0.15) is 14.1 Å². The highest BCUT2D eigenvalue weighted by molar-refractivity contribution is 8.00. The predicted molar refractivity (Wildman–Crippen MR) is 281 cm³/mol. The van der Waals surface area contributed by atoms with Crippen molar-refractivity contribution in [2.45, 2.75) is 40.4 Å². The van der Waals surface area contributed by atoms with Crippen LogP contribution in [0.3, 0.4) is 0 Å². The number of aromatic nitrogens is 1. The molecule has 0 unspecified atom stereocenters. The molecule has 0 N–H and O–H groups in total. The highest BCUT2D eigenvalue weighted by Crippen LogP contribution is 2.50. The van der Waals surface area contributed by atoms with Crippen LogP contribution in [-0.4, -0.2) is 95.5 Å². The first-order valence-corrected chi connectivity index (χ1v) is 23.3. The van der Waals surface area contributed by atoms with Gasteiger partial charge >= 0.3 is 0 Å². The predicted octanol–water partition coefficient (Wildman–Crippen LogP) is 7.98. The van der Waals surface area contributed by atoms with Crippen molar-refractivity contribution in [2.24, 2.45) is 0 Å². The number of fused-ring (bicyclic) bond motifs is 6. The van der Waals surface area contributed by atoms with Crippen LogP contribution < -0.4 is 51.7 Å². The molecular weight excluding hydrogens is 884 g/mol. The van der Waals surface area contributed by atoms with E-state index in [1.807, 2.05) is 52.1 Å². The van der Waals surface area contributed by atoms with Crippen molar-refractivity contribution >= 4 is 90.8 Å². The van der Waals surface area contributed by atoms with Crippen molar-refractivity contribution in [3.05, 3.63) is 126 Å². The summed E-state index contributed by atoms with van der Waals surface area (Å²) in [5.74, 6) is 0.0306. The normalized spacial score (nSPS) is 11.7. The molecule has 0 radical (unpaired) electrons. The third-order valence-electron chi connectivity index (χ3n) is 11.1. The highest BCUT2D eigenvalue weighted by Gasteiger charge is 2.27. The van der Waals surface area contributed by atoms with Crippen LogP contribution in [0.25, 0.3) is 20.8 Å². The van der Waals surface area contributed by atoms with Gasteiger partial charge in [0.2, 0.25) is 11.3 Å². The van der Waals surface area contributed by atoms with Crippen LogP contribution in [0.15, 0.2) is 129 Å². The Morgan fingerprint density at radius 3 is 1.42 bits per heavy atom. The monoisotopic (exact) mass is 946 g/mol. The summed E-state index contributed by atoms with van der Waals surface area (Å²) >= 11 is 5.41. The van der Waals surface area contributed by atoms with Gasteiger partial charge in [0.15, 0.2) is 0 Å². The molecule has 0 spiro atoms. The molecule has 3 aliphatic heterocycles. The van der Waals surface area contributed by atoms with Crippen LogP contribution in [-0.2, 0) is 11.2 Å². The van der Waals surface area contributed by atoms with Crippen LogP contribution in [0, 0.1) is 0 Å². The fraction of sp³-hybridized carbons (Fsp3) is 0.288. The van der Waals surface area contributed by atoms with Gasteiger partial charge in [-0.3, -0.25) is 9.69 Å². The lowest BCUT2D eigenvalue weighted by atomic mass is 10.0. The summed E-state index contributed by atoms with van der Waals surface area (Å²) < 4.78 is 3.34. The number of benzene rings is 6. The van der Waals surface area contributed by atoms with Crippen molar-refractivity contribution in [1.82, 2.24) is 9.56 Å². The van der Waals surface area contributed by atoms with Gasteiger partial charge in [-0.25, -0.2) is 9.56 Å². The molecule has 65 heavy (non-hydrogen) atoms. The van der Waals surface area contributed by atoms with E-state index in [0.29, 0.717) is 0 Å². The Bertz CT molecular complexity index is 2740. The SMILES string of the molecule is C.CC(=O)N1c2ccc(N(C)C)cc2Sc2cc(N(C)C)ccc21.CN(C)c1ccc2c(c1)Sc1cc(N(C)C)ccc1C2.CN(C)c1ccc2nc3ccc(=[N+](C)C)cc-3sc2c1.[Cl-]. The molecule has 0 fully saturated rings. The smallest absolute Gasteiger partial charge is 0.228 e. The summed E-state index contributed by atoms with van der Waals surface area (Å²) in [6, 6.07) is 38.8. The summed E-state index contributed by atoms with van der Waals surface area (Å²) in [5, 5.41) is 1.21. The van der Waals surface area contributed by atoms with Gasteiger partial charge in [-0.1, -0.05) is 43.1 Å². The minimum atomic E-state index is 0. The molecule has 342 valence electrons. The molecular formula is C52H63ClN8OS3. The van der Waals surface area contributed by atoms with Crippen LogP contribution >= 0.6 is 34.9 Å². The van der Waals surface area contributed by atoms with Crippen molar-refractivity contribution in [1.29, 1.82) is 0 Å². The molecule has 4 aliphatic rings. The third-order valence-corrected chi connectivity index (χ3v) is 14.4. The number of halogens is 1. The lowest BCUT2D eigenvalue weighted by Gasteiger charge is -2.32. The van der Waals surface area contributed by atoms with E-state index >= 15 is 0 Å². The molecule has 9 nitrogen and oxygen atoms in total. The number of rotatable bonds is 5. The van der Waals surface area contributed by atoms with E-state index in [1.54, 1.807) is 34.9 Å². The summed E-state index contributed by atoms with van der Waals surface area (Å²) in [5.41, 5.74) is 12.9. The maximum atomic E-state index is 12.3. The van der Waals surface area contributed by atoms with E-state index in [2.05, 4.69) is 183 Å². The van der Waals surface area contributed by atoms with E-state index in [1.165, 1.54) is 52.9 Å². The Morgan fingerprint density at radius 2 is 0.969 bits per heavy atom. The molecule has 13 heteroatoms. The molecule has 3 heterocycles. The summed E-state index contributed by atoms with van der Waals surface area (Å²) in [4.78, 5) is 35.6. The lowest BCUT2D eigenvalue weighted by molar-refractivity contribution is -0.115. The van der Waals surface area contributed by atoms with E-state index in [-0.39, 0.29) is 25.7 Å². The number of anilines is 7. The second-order valence-corrected chi connectivity index (χ2v) is 20.3. The first-order valence-electron chi connectivity index (χ1n) is 20.9. The van der Waals surface area contributed by atoms with E-state index in [0.717, 1.165) is 50.2 Å². The van der Waals surface area contributed by atoms with Gasteiger partial charge in [-0.15, -0.1) is 11.3 Å². The van der Waals surface area contributed by atoms with Gasteiger partial charge in [0, 0.05) is 138 Å². The minimum absolute atomic E-state index is 0. The molecule has 5 aromatic carbocycles. The lowest BCUT2D eigenvalue weighted by Crippen LogP contribution is -3.00. The van der Waals surface area contributed by atoms with Gasteiger partial charge in [0.05, 0.1) is 32.2 Å². The number of carbonyl (C=O) groups is 1. The fourth-order valence-electron chi connectivity index (χ4n) is 7.29. The Morgan fingerprint density at radius 1 is 0.554 bits per heavy atom. The topological polar surface area (TPSA) is 52.4 Å². The minimum Gasteiger partial charge on any atom is -1.00 e. The zero-order valence-corrected chi connectivity index (χ0v) is 42.4. The summed E-state index contributed by atoms with van der Waals surface area (Å²) in [6.45, 7) is 1.61. The molecule has 1 amide bonds.